The summed E-state index contributed by atoms with van der Waals surface area (Å²) in [4.78, 5) is 11.0. The van der Waals surface area contributed by atoms with E-state index >= 15 is 0 Å². The SMILES string of the molecule is Cc1cc(C)c(COc2ccc(C(=O)O)c(C)c2)c(C)c1. The van der Waals surface area contributed by atoms with Crippen molar-refractivity contribution >= 4 is 5.97 Å². The third-order valence-corrected chi connectivity index (χ3v) is 3.65. The van der Waals surface area contributed by atoms with Gasteiger partial charge in [-0.05, 0) is 68.1 Å². The maximum absolute atomic E-state index is 11.0. The Morgan fingerprint density at radius 3 is 2.14 bits per heavy atom. The summed E-state index contributed by atoms with van der Waals surface area (Å²) in [6.45, 7) is 8.51. The van der Waals surface area contributed by atoms with Crippen molar-refractivity contribution in [2.45, 2.75) is 34.3 Å². The molecule has 110 valence electrons. The highest BCUT2D eigenvalue weighted by Gasteiger charge is 2.09. The number of aromatic carboxylic acids is 1. The second-order valence-corrected chi connectivity index (χ2v) is 5.45. The zero-order chi connectivity index (χ0) is 15.6. The minimum absolute atomic E-state index is 0.310. The van der Waals surface area contributed by atoms with Crippen molar-refractivity contribution < 1.29 is 14.6 Å². The van der Waals surface area contributed by atoms with Gasteiger partial charge in [-0.1, -0.05) is 17.7 Å². The highest BCUT2D eigenvalue weighted by Crippen LogP contribution is 2.21. The molecule has 0 unspecified atom stereocenters. The van der Waals surface area contributed by atoms with Crippen molar-refractivity contribution in [2.75, 3.05) is 0 Å². The minimum atomic E-state index is -0.913. The molecule has 0 spiro atoms. The first-order valence-corrected chi connectivity index (χ1v) is 6.92. The van der Waals surface area contributed by atoms with Crippen molar-refractivity contribution in [1.29, 1.82) is 0 Å². The molecule has 0 radical (unpaired) electrons. The fraction of sp³-hybridized carbons (Fsp3) is 0.278. The number of aryl methyl sites for hydroxylation is 4. The zero-order valence-electron chi connectivity index (χ0n) is 12.9. The highest BCUT2D eigenvalue weighted by molar-refractivity contribution is 5.89. The third-order valence-electron chi connectivity index (χ3n) is 3.65. The lowest BCUT2D eigenvalue weighted by Crippen LogP contribution is -2.03. The van der Waals surface area contributed by atoms with Gasteiger partial charge in [0, 0.05) is 0 Å². The molecule has 0 atom stereocenters. The van der Waals surface area contributed by atoms with Crippen LogP contribution in [0.25, 0.3) is 0 Å². The van der Waals surface area contributed by atoms with Crippen molar-refractivity contribution in [2.24, 2.45) is 0 Å². The van der Waals surface area contributed by atoms with E-state index in [-0.39, 0.29) is 0 Å². The lowest BCUT2D eigenvalue weighted by Gasteiger charge is -2.13. The van der Waals surface area contributed by atoms with Crippen LogP contribution in [0.15, 0.2) is 30.3 Å². The molecule has 0 amide bonds. The molecule has 0 fully saturated rings. The monoisotopic (exact) mass is 284 g/mol. The van der Waals surface area contributed by atoms with Gasteiger partial charge in [-0.2, -0.15) is 0 Å². The number of ether oxygens (including phenoxy) is 1. The van der Waals surface area contributed by atoms with Crippen molar-refractivity contribution in [1.82, 2.24) is 0 Å². The van der Waals surface area contributed by atoms with Crippen LogP contribution in [0, 0.1) is 27.7 Å². The average Bonchev–Trinajstić information content (AvgIpc) is 2.36. The topological polar surface area (TPSA) is 46.5 Å². The second kappa shape index (κ2) is 6.00. The van der Waals surface area contributed by atoms with E-state index in [4.69, 9.17) is 9.84 Å². The van der Waals surface area contributed by atoms with Crippen LogP contribution in [-0.2, 0) is 6.61 Å². The molecule has 0 bridgehead atoms. The summed E-state index contributed by atoms with van der Waals surface area (Å²) in [6.07, 6.45) is 0. The van der Waals surface area contributed by atoms with Crippen LogP contribution in [0.2, 0.25) is 0 Å². The Morgan fingerprint density at radius 2 is 1.62 bits per heavy atom. The predicted molar refractivity (Wildman–Crippen MR) is 83.1 cm³/mol. The first-order valence-electron chi connectivity index (χ1n) is 6.92. The van der Waals surface area contributed by atoms with Crippen molar-refractivity contribution in [3.63, 3.8) is 0 Å². The Morgan fingerprint density at radius 1 is 1.00 bits per heavy atom. The normalized spacial score (nSPS) is 10.5. The summed E-state index contributed by atoms with van der Waals surface area (Å²) in [5.41, 5.74) is 5.87. The molecule has 3 heteroatoms. The maximum atomic E-state index is 11.0. The van der Waals surface area contributed by atoms with E-state index in [0.717, 1.165) is 0 Å². The smallest absolute Gasteiger partial charge is 0.335 e. The number of hydrogen-bond donors (Lipinski definition) is 1. The second-order valence-electron chi connectivity index (χ2n) is 5.45. The molecule has 0 aliphatic rings. The number of benzene rings is 2. The molecule has 0 saturated heterocycles. The molecule has 2 aromatic carbocycles. The van der Waals surface area contributed by atoms with E-state index in [2.05, 4.69) is 32.9 Å². The fourth-order valence-electron chi connectivity index (χ4n) is 2.56. The van der Waals surface area contributed by atoms with E-state index in [1.165, 1.54) is 22.3 Å². The molecular weight excluding hydrogens is 264 g/mol. The van der Waals surface area contributed by atoms with Gasteiger partial charge in [0.1, 0.15) is 12.4 Å². The maximum Gasteiger partial charge on any atom is 0.335 e. The lowest BCUT2D eigenvalue weighted by molar-refractivity contribution is 0.0696. The quantitative estimate of drug-likeness (QED) is 0.915. The van der Waals surface area contributed by atoms with Crippen LogP contribution in [0.3, 0.4) is 0 Å². The van der Waals surface area contributed by atoms with Crippen LogP contribution in [0.5, 0.6) is 5.75 Å². The first-order chi connectivity index (χ1) is 9.88. The van der Waals surface area contributed by atoms with Crippen LogP contribution >= 0.6 is 0 Å². The summed E-state index contributed by atoms with van der Waals surface area (Å²) < 4.78 is 5.82. The number of carbonyl (C=O) groups is 1. The van der Waals surface area contributed by atoms with Gasteiger partial charge in [-0.15, -0.1) is 0 Å². The van der Waals surface area contributed by atoms with Crippen LogP contribution < -0.4 is 4.74 Å². The van der Waals surface area contributed by atoms with Crippen LogP contribution in [-0.4, -0.2) is 11.1 Å². The number of carboxylic acid groups (broad SMARTS) is 1. The Balaban J connectivity index is 2.17. The van der Waals surface area contributed by atoms with Crippen molar-refractivity contribution in [3.8, 4) is 5.75 Å². The summed E-state index contributed by atoms with van der Waals surface area (Å²) in [5.74, 6) is -0.221. The Bertz CT molecular complexity index is 664. The largest absolute Gasteiger partial charge is 0.489 e. The number of hydrogen-bond acceptors (Lipinski definition) is 2. The van der Waals surface area contributed by atoms with Gasteiger partial charge in [0.25, 0.3) is 0 Å². The van der Waals surface area contributed by atoms with Crippen molar-refractivity contribution in [3.05, 3.63) is 63.7 Å². The molecular formula is C18H20O3. The molecule has 0 heterocycles. The minimum Gasteiger partial charge on any atom is -0.489 e. The first kappa shape index (κ1) is 15.1. The van der Waals surface area contributed by atoms with Gasteiger partial charge in [0.2, 0.25) is 0 Å². The summed E-state index contributed by atoms with van der Waals surface area (Å²) in [7, 11) is 0. The Labute approximate surface area is 125 Å². The van der Waals surface area contributed by atoms with E-state index in [9.17, 15) is 4.79 Å². The molecule has 0 aliphatic carbocycles. The molecule has 0 saturated carbocycles. The van der Waals surface area contributed by atoms with Gasteiger partial charge in [0.05, 0.1) is 5.56 Å². The molecule has 0 aromatic heterocycles. The molecule has 0 aliphatic heterocycles. The number of carboxylic acids is 1. The Hall–Kier alpha value is -2.29. The fourth-order valence-corrected chi connectivity index (χ4v) is 2.56. The standard InChI is InChI=1S/C18H20O3/c1-11-7-12(2)17(13(3)8-11)10-21-15-5-6-16(18(19)20)14(4)9-15/h5-9H,10H2,1-4H3,(H,19,20). The summed E-state index contributed by atoms with van der Waals surface area (Å²) in [5, 5.41) is 9.02. The predicted octanol–water partition coefficient (Wildman–Crippen LogP) is 4.20. The van der Waals surface area contributed by atoms with E-state index < -0.39 is 5.97 Å². The van der Waals surface area contributed by atoms with E-state index in [1.54, 1.807) is 25.1 Å². The Kier molecular flexibility index (Phi) is 4.32. The van der Waals surface area contributed by atoms with Gasteiger partial charge < -0.3 is 9.84 Å². The van der Waals surface area contributed by atoms with Gasteiger partial charge in [0.15, 0.2) is 0 Å². The summed E-state index contributed by atoms with van der Waals surface area (Å²) >= 11 is 0. The van der Waals surface area contributed by atoms with E-state index in [0.29, 0.717) is 23.5 Å². The molecule has 2 rings (SSSR count). The van der Waals surface area contributed by atoms with Gasteiger partial charge in [-0.25, -0.2) is 4.79 Å². The zero-order valence-corrected chi connectivity index (χ0v) is 12.9. The lowest BCUT2D eigenvalue weighted by atomic mass is 10.0. The molecule has 3 nitrogen and oxygen atoms in total. The van der Waals surface area contributed by atoms with Gasteiger partial charge in [-0.3, -0.25) is 0 Å². The number of rotatable bonds is 4. The van der Waals surface area contributed by atoms with Gasteiger partial charge >= 0.3 is 5.97 Å². The average molecular weight is 284 g/mol. The summed E-state index contributed by atoms with van der Waals surface area (Å²) in [6, 6.07) is 9.34. The van der Waals surface area contributed by atoms with Crippen LogP contribution in [0.4, 0.5) is 0 Å². The third kappa shape index (κ3) is 3.43. The van der Waals surface area contributed by atoms with Crippen LogP contribution in [0.1, 0.15) is 38.2 Å². The molecule has 2 aromatic rings. The molecule has 21 heavy (non-hydrogen) atoms. The highest BCUT2D eigenvalue weighted by atomic mass is 16.5. The molecule has 1 N–H and O–H groups in total. The van der Waals surface area contributed by atoms with E-state index in [1.807, 2.05) is 0 Å².